The van der Waals surface area contributed by atoms with Crippen LogP contribution in [0.2, 0.25) is 0 Å². The first-order valence-corrected chi connectivity index (χ1v) is 8.61. The van der Waals surface area contributed by atoms with Crippen LogP contribution in [0.25, 0.3) is 0 Å². The van der Waals surface area contributed by atoms with Gasteiger partial charge in [-0.3, -0.25) is 4.79 Å². The van der Waals surface area contributed by atoms with Crippen LogP contribution in [0.4, 0.5) is 5.69 Å². The summed E-state index contributed by atoms with van der Waals surface area (Å²) in [7, 11) is -0.497. The van der Waals surface area contributed by atoms with Crippen molar-refractivity contribution < 1.29 is 13.2 Å². The van der Waals surface area contributed by atoms with Gasteiger partial charge in [0.15, 0.2) is 0 Å². The minimum atomic E-state index is -3.45. The van der Waals surface area contributed by atoms with E-state index in [0.717, 1.165) is 15.4 Å². The summed E-state index contributed by atoms with van der Waals surface area (Å²) in [5.41, 5.74) is 2.64. The number of amides is 1. The zero-order valence-corrected chi connectivity index (χ0v) is 14.2. The minimum Gasteiger partial charge on any atom is -0.326 e. The predicted octanol–water partition coefficient (Wildman–Crippen LogP) is 2.43. The van der Waals surface area contributed by atoms with E-state index >= 15 is 0 Å². The van der Waals surface area contributed by atoms with E-state index in [0.29, 0.717) is 5.69 Å². The van der Waals surface area contributed by atoms with Crippen molar-refractivity contribution in [2.45, 2.75) is 18.2 Å². The summed E-state index contributed by atoms with van der Waals surface area (Å²) < 4.78 is 25.1. The van der Waals surface area contributed by atoms with Crippen LogP contribution >= 0.6 is 0 Å². The Morgan fingerprint density at radius 1 is 1.00 bits per heavy atom. The smallest absolute Gasteiger partial charge is 0.242 e. The van der Waals surface area contributed by atoms with Gasteiger partial charge in [-0.15, -0.1) is 0 Å². The largest absolute Gasteiger partial charge is 0.326 e. The molecule has 0 spiro atoms. The summed E-state index contributed by atoms with van der Waals surface area (Å²) >= 11 is 0. The Kier molecular flexibility index (Phi) is 5.18. The molecule has 5 nitrogen and oxygen atoms in total. The molecule has 2 aromatic rings. The van der Waals surface area contributed by atoms with Crippen molar-refractivity contribution in [3.63, 3.8) is 0 Å². The minimum absolute atomic E-state index is 0.142. The molecule has 0 radical (unpaired) electrons. The van der Waals surface area contributed by atoms with E-state index < -0.39 is 10.0 Å². The van der Waals surface area contributed by atoms with Gasteiger partial charge in [-0.2, -0.15) is 0 Å². The van der Waals surface area contributed by atoms with Crippen LogP contribution in [0.1, 0.15) is 11.1 Å². The van der Waals surface area contributed by atoms with E-state index in [9.17, 15) is 13.2 Å². The Balaban J connectivity index is 2.03. The molecule has 0 aromatic heterocycles. The Morgan fingerprint density at radius 2 is 1.57 bits per heavy atom. The first-order valence-electron chi connectivity index (χ1n) is 7.17. The zero-order chi connectivity index (χ0) is 17.0. The first-order chi connectivity index (χ1) is 10.8. The highest BCUT2D eigenvalue weighted by molar-refractivity contribution is 7.89. The third kappa shape index (κ3) is 4.40. The number of anilines is 1. The number of benzene rings is 2. The molecule has 23 heavy (non-hydrogen) atoms. The Bertz CT molecular complexity index is 780. The van der Waals surface area contributed by atoms with E-state index in [1.54, 1.807) is 12.1 Å². The van der Waals surface area contributed by atoms with Crippen LogP contribution in [0.15, 0.2) is 53.4 Å². The SMILES string of the molecule is Cc1ccc(CC(=O)Nc2ccc(S(=O)(=O)N(C)C)cc2)cc1. The van der Waals surface area contributed by atoms with Crippen LogP contribution in [-0.2, 0) is 21.2 Å². The third-order valence-corrected chi connectivity index (χ3v) is 5.23. The molecular formula is C17H20N2O3S. The summed E-state index contributed by atoms with van der Waals surface area (Å²) in [5.74, 6) is -0.142. The van der Waals surface area contributed by atoms with Gasteiger partial charge in [0.25, 0.3) is 0 Å². The summed E-state index contributed by atoms with van der Waals surface area (Å²) in [6.07, 6.45) is 0.276. The Hall–Kier alpha value is -2.18. The molecule has 0 heterocycles. The van der Waals surface area contributed by atoms with Gasteiger partial charge >= 0.3 is 0 Å². The number of nitrogens with zero attached hydrogens (tertiary/aromatic N) is 1. The molecule has 6 heteroatoms. The molecule has 0 bridgehead atoms. The highest BCUT2D eigenvalue weighted by atomic mass is 32.2. The van der Waals surface area contributed by atoms with Crippen molar-refractivity contribution in [3.8, 4) is 0 Å². The lowest BCUT2D eigenvalue weighted by molar-refractivity contribution is -0.115. The fraction of sp³-hybridized carbons (Fsp3) is 0.235. The van der Waals surface area contributed by atoms with Gasteiger partial charge in [-0.1, -0.05) is 29.8 Å². The summed E-state index contributed by atoms with van der Waals surface area (Å²) in [6, 6.07) is 13.9. The summed E-state index contributed by atoms with van der Waals surface area (Å²) in [6.45, 7) is 1.99. The van der Waals surface area contributed by atoms with Crippen LogP contribution in [0.3, 0.4) is 0 Å². The van der Waals surface area contributed by atoms with Gasteiger partial charge in [0, 0.05) is 19.8 Å². The number of hydrogen-bond acceptors (Lipinski definition) is 3. The second kappa shape index (κ2) is 6.93. The zero-order valence-electron chi connectivity index (χ0n) is 13.4. The molecule has 0 saturated carbocycles. The normalized spacial score (nSPS) is 11.5. The number of rotatable bonds is 5. The number of sulfonamides is 1. The molecule has 0 saturated heterocycles. The van der Waals surface area contributed by atoms with Gasteiger partial charge in [-0.05, 0) is 36.8 Å². The standard InChI is InChI=1S/C17H20N2O3S/c1-13-4-6-14(7-5-13)12-17(20)18-15-8-10-16(11-9-15)23(21,22)19(2)3/h4-11H,12H2,1-3H3,(H,18,20). The lowest BCUT2D eigenvalue weighted by atomic mass is 10.1. The molecule has 0 atom stereocenters. The van der Waals surface area contributed by atoms with Crippen LogP contribution in [0.5, 0.6) is 0 Å². The second-order valence-electron chi connectivity index (χ2n) is 5.52. The quantitative estimate of drug-likeness (QED) is 0.914. The van der Waals surface area contributed by atoms with Crippen LogP contribution in [0, 0.1) is 6.92 Å². The molecule has 1 amide bonds. The maximum absolute atomic E-state index is 12.0. The number of carbonyl (C=O) groups is 1. The van der Waals surface area contributed by atoms with E-state index in [2.05, 4.69) is 5.32 Å². The fourth-order valence-corrected chi connectivity index (χ4v) is 2.92. The van der Waals surface area contributed by atoms with Crippen molar-refractivity contribution in [1.29, 1.82) is 0 Å². The van der Waals surface area contributed by atoms with Gasteiger partial charge in [-0.25, -0.2) is 12.7 Å². The van der Waals surface area contributed by atoms with Crippen molar-refractivity contribution in [3.05, 3.63) is 59.7 Å². The van der Waals surface area contributed by atoms with Crippen molar-refractivity contribution in [2.24, 2.45) is 0 Å². The molecule has 122 valence electrons. The Labute approximate surface area is 137 Å². The highest BCUT2D eigenvalue weighted by Crippen LogP contribution is 2.17. The molecule has 1 N–H and O–H groups in total. The lowest BCUT2D eigenvalue weighted by Crippen LogP contribution is -2.22. The number of aryl methyl sites for hydroxylation is 1. The summed E-state index contributed by atoms with van der Waals surface area (Å²) in [5, 5.41) is 2.77. The molecular weight excluding hydrogens is 312 g/mol. The molecule has 0 aliphatic rings. The van der Waals surface area contributed by atoms with Crippen molar-refractivity contribution >= 4 is 21.6 Å². The van der Waals surface area contributed by atoms with Crippen molar-refractivity contribution in [2.75, 3.05) is 19.4 Å². The molecule has 2 aromatic carbocycles. The number of nitrogens with one attached hydrogen (secondary N) is 1. The molecule has 0 aliphatic carbocycles. The second-order valence-corrected chi connectivity index (χ2v) is 7.67. The number of carbonyl (C=O) groups excluding carboxylic acids is 1. The lowest BCUT2D eigenvalue weighted by Gasteiger charge is -2.12. The maximum Gasteiger partial charge on any atom is 0.242 e. The average Bonchev–Trinajstić information content (AvgIpc) is 2.50. The van der Waals surface area contributed by atoms with Gasteiger partial charge in [0.05, 0.1) is 11.3 Å². The number of hydrogen-bond donors (Lipinski definition) is 1. The van der Waals surface area contributed by atoms with E-state index in [-0.39, 0.29) is 17.2 Å². The van der Waals surface area contributed by atoms with Crippen LogP contribution in [-0.4, -0.2) is 32.7 Å². The first kappa shape index (κ1) is 17.2. The van der Waals surface area contributed by atoms with E-state index in [1.807, 2.05) is 31.2 Å². The van der Waals surface area contributed by atoms with Crippen LogP contribution < -0.4 is 5.32 Å². The topological polar surface area (TPSA) is 66.5 Å². The molecule has 0 aliphatic heterocycles. The maximum atomic E-state index is 12.0. The van der Waals surface area contributed by atoms with E-state index in [4.69, 9.17) is 0 Å². The van der Waals surface area contributed by atoms with E-state index in [1.165, 1.54) is 26.2 Å². The molecule has 2 rings (SSSR count). The van der Waals surface area contributed by atoms with Gasteiger partial charge in [0.2, 0.25) is 15.9 Å². The molecule has 0 fully saturated rings. The van der Waals surface area contributed by atoms with Crippen molar-refractivity contribution in [1.82, 2.24) is 4.31 Å². The highest BCUT2D eigenvalue weighted by Gasteiger charge is 2.16. The van der Waals surface area contributed by atoms with Gasteiger partial charge in [0.1, 0.15) is 0 Å². The summed E-state index contributed by atoms with van der Waals surface area (Å²) in [4.78, 5) is 12.2. The third-order valence-electron chi connectivity index (χ3n) is 3.40. The average molecular weight is 332 g/mol. The Morgan fingerprint density at radius 3 is 2.09 bits per heavy atom. The predicted molar refractivity (Wildman–Crippen MR) is 90.8 cm³/mol. The molecule has 0 unspecified atom stereocenters. The van der Waals surface area contributed by atoms with Gasteiger partial charge < -0.3 is 5.32 Å². The monoisotopic (exact) mass is 332 g/mol. The fourth-order valence-electron chi connectivity index (χ4n) is 2.02.